The predicted octanol–water partition coefficient (Wildman–Crippen LogP) is 3.15. The summed E-state index contributed by atoms with van der Waals surface area (Å²) in [6, 6.07) is 5.83. The van der Waals surface area contributed by atoms with E-state index in [1.165, 1.54) is 4.88 Å². The van der Waals surface area contributed by atoms with Crippen LogP contribution in [0.1, 0.15) is 10.4 Å². The maximum Gasteiger partial charge on any atom is 0.107 e. The molecule has 0 bridgehead atoms. The molecule has 0 radical (unpaired) electrons. The molecule has 2 rings (SSSR count). The zero-order valence-corrected chi connectivity index (χ0v) is 12.0. The number of hydrogen-bond donors (Lipinski definition) is 2. The number of anilines is 1. The van der Waals surface area contributed by atoms with Crippen molar-refractivity contribution in [3.63, 3.8) is 0 Å². The molecule has 1 aromatic carbocycles. The minimum absolute atomic E-state index is 0.379. The van der Waals surface area contributed by atoms with Gasteiger partial charge in [-0.3, -0.25) is 4.98 Å². The van der Waals surface area contributed by atoms with Crippen LogP contribution >= 0.6 is 39.5 Å². The van der Waals surface area contributed by atoms with E-state index in [4.69, 9.17) is 18.0 Å². The zero-order valence-electron chi connectivity index (χ0n) is 8.81. The molecule has 0 spiro atoms. The van der Waals surface area contributed by atoms with Crippen molar-refractivity contribution in [2.45, 2.75) is 6.54 Å². The Hall–Kier alpha value is -0.980. The largest absolute Gasteiger partial charge is 0.389 e. The first-order chi connectivity index (χ1) is 8.18. The van der Waals surface area contributed by atoms with Crippen molar-refractivity contribution in [3.8, 4) is 0 Å². The molecule has 3 nitrogen and oxygen atoms in total. The lowest BCUT2D eigenvalue weighted by Crippen LogP contribution is -2.13. The number of rotatable bonds is 4. The van der Waals surface area contributed by atoms with Gasteiger partial charge >= 0.3 is 0 Å². The third kappa shape index (κ3) is 3.02. The number of hydrogen-bond acceptors (Lipinski definition) is 4. The number of halogens is 1. The third-order valence-corrected chi connectivity index (χ3v) is 3.84. The number of thiazole rings is 1. The Balaban J connectivity index is 2.21. The van der Waals surface area contributed by atoms with Gasteiger partial charge in [-0.1, -0.05) is 18.3 Å². The summed E-state index contributed by atoms with van der Waals surface area (Å²) in [4.78, 5) is 5.57. The molecule has 0 amide bonds. The summed E-state index contributed by atoms with van der Waals surface area (Å²) >= 11 is 10.1. The Morgan fingerprint density at radius 1 is 1.53 bits per heavy atom. The molecule has 0 saturated heterocycles. The molecular weight excluding hydrogens is 318 g/mol. The molecule has 1 aromatic heterocycles. The Morgan fingerprint density at radius 2 is 2.35 bits per heavy atom. The van der Waals surface area contributed by atoms with Crippen LogP contribution in [0.15, 0.2) is 34.4 Å². The van der Waals surface area contributed by atoms with E-state index in [0.29, 0.717) is 4.99 Å². The van der Waals surface area contributed by atoms with Gasteiger partial charge in [-0.05, 0) is 28.1 Å². The van der Waals surface area contributed by atoms with Gasteiger partial charge in [0.05, 0.1) is 12.1 Å². The van der Waals surface area contributed by atoms with Crippen molar-refractivity contribution < 1.29 is 0 Å². The molecule has 6 heteroatoms. The summed E-state index contributed by atoms with van der Waals surface area (Å²) in [6.45, 7) is 0.719. The van der Waals surface area contributed by atoms with E-state index in [9.17, 15) is 0 Å². The second kappa shape index (κ2) is 5.57. The van der Waals surface area contributed by atoms with E-state index >= 15 is 0 Å². The van der Waals surface area contributed by atoms with Crippen molar-refractivity contribution >= 4 is 50.2 Å². The van der Waals surface area contributed by atoms with Gasteiger partial charge in [-0.15, -0.1) is 11.3 Å². The molecule has 0 unspecified atom stereocenters. The highest BCUT2D eigenvalue weighted by molar-refractivity contribution is 9.10. The quantitative estimate of drug-likeness (QED) is 0.847. The Kier molecular flexibility index (Phi) is 4.09. The molecule has 17 heavy (non-hydrogen) atoms. The molecule has 0 aliphatic heterocycles. The molecule has 3 N–H and O–H groups in total. The van der Waals surface area contributed by atoms with Crippen molar-refractivity contribution in [1.82, 2.24) is 4.98 Å². The van der Waals surface area contributed by atoms with Gasteiger partial charge in [0.15, 0.2) is 0 Å². The van der Waals surface area contributed by atoms with Crippen LogP contribution < -0.4 is 11.1 Å². The molecule has 88 valence electrons. The summed E-state index contributed by atoms with van der Waals surface area (Å²) in [5, 5.41) is 3.31. The Labute approximate surface area is 117 Å². The fraction of sp³-hybridized carbons (Fsp3) is 0.0909. The van der Waals surface area contributed by atoms with E-state index in [-0.39, 0.29) is 0 Å². The number of nitrogens with two attached hydrogens (primary N) is 1. The Bertz CT molecular complexity index is 526. The molecular formula is C11H10BrN3S2. The summed E-state index contributed by atoms with van der Waals surface area (Å²) in [5.41, 5.74) is 9.30. The highest BCUT2D eigenvalue weighted by Gasteiger charge is 2.09. The molecule has 0 fully saturated rings. The lowest BCUT2D eigenvalue weighted by atomic mass is 10.2. The summed E-state index contributed by atoms with van der Waals surface area (Å²) in [6.07, 6.45) is 1.84. The predicted molar refractivity (Wildman–Crippen MR) is 79.5 cm³/mol. The van der Waals surface area contributed by atoms with Crippen LogP contribution in [0.2, 0.25) is 0 Å². The first kappa shape index (κ1) is 12.5. The normalized spacial score (nSPS) is 10.2. The van der Waals surface area contributed by atoms with Gasteiger partial charge in [0, 0.05) is 26.8 Å². The topological polar surface area (TPSA) is 50.9 Å². The molecule has 2 aromatic rings. The average Bonchev–Trinajstić information content (AvgIpc) is 2.78. The van der Waals surface area contributed by atoms with Crippen molar-refractivity contribution in [1.29, 1.82) is 0 Å². The first-order valence-corrected chi connectivity index (χ1v) is 6.96. The summed E-state index contributed by atoms with van der Waals surface area (Å²) in [5.74, 6) is 0. The average molecular weight is 328 g/mol. The standard InChI is InChI=1S/C11H10BrN3S2/c12-8-2-1-3-9(10(8)11(13)16)15-5-7-4-14-6-17-7/h1-4,6,15H,5H2,(H2,13,16). The smallest absolute Gasteiger partial charge is 0.107 e. The van der Waals surface area contributed by atoms with Gasteiger partial charge < -0.3 is 11.1 Å². The molecule has 0 aliphatic carbocycles. The van der Waals surface area contributed by atoms with Crippen molar-refractivity contribution in [2.24, 2.45) is 5.73 Å². The van der Waals surface area contributed by atoms with Gasteiger partial charge in [0.25, 0.3) is 0 Å². The van der Waals surface area contributed by atoms with Crippen LogP contribution in [0.3, 0.4) is 0 Å². The van der Waals surface area contributed by atoms with Crippen LogP contribution in [-0.2, 0) is 6.54 Å². The maximum atomic E-state index is 5.72. The third-order valence-electron chi connectivity index (χ3n) is 2.20. The van der Waals surface area contributed by atoms with Gasteiger partial charge in [0.2, 0.25) is 0 Å². The molecule has 0 saturated carbocycles. The highest BCUT2D eigenvalue weighted by Crippen LogP contribution is 2.25. The number of benzene rings is 1. The number of nitrogens with one attached hydrogen (secondary N) is 1. The van der Waals surface area contributed by atoms with E-state index in [0.717, 1.165) is 22.3 Å². The number of aromatic nitrogens is 1. The molecule has 0 atom stereocenters. The number of thiocarbonyl (C=S) groups is 1. The van der Waals surface area contributed by atoms with E-state index < -0.39 is 0 Å². The van der Waals surface area contributed by atoms with E-state index in [2.05, 4.69) is 26.2 Å². The summed E-state index contributed by atoms with van der Waals surface area (Å²) < 4.78 is 0.902. The molecule has 0 aliphatic rings. The van der Waals surface area contributed by atoms with Crippen LogP contribution in [0.5, 0.6) is 0 Å². The lowest BCUT2D eigenvalue weighted by Gasteiger charge is -2.11. The monoisotopic (exact) mass is 327 g/mol. The second-order valence-electron chi connectivity index (χ2n) is 3.35. The van der Waals surface area contributed by atoms with Gasteiger partial charge in [-0.2, -0.15) is 0 Å². The van der Waals surface area contributed by atoms with E-state index in [1.807, 2.05) is 29.9 Å². The SMILES string of the molecule is NC(=S)c1c(Br)cccc1NCc1cncs1. The highest BCUT2D eigenvalue weighted by atomic mass is 79.9. The minimum Gasteiger partial charge on any atom is -0.389 e. The minimum atomic E-state index is 0.379. The zero-order chi connectivity index (χ0) is 12.3. The fourth-order valence-corrected chi connectivity index (χ4v) is 2.90. The van der Waals surface area contributed by atoms with Crippen molar-refractivity contribution in [3.05, 3.63) is 44.8 Å². The van der Waals surface area contributed by atoms with Gasteiger partial charge in [0.1, 0.15) is 4.99 Å². The fourth-order valence-electron chi connectivity index (χ4n) is 1.43. The first-order valence-electron chi connectivity index (χ1n) is 4.88. The summed E-state index contributed by atoms with van der Waals surface area (Å²) in [7, 11) is 0. The van der Waals surface area contributed by atoms with Gasteiger partial charge in [-0.25, -0.2) is 0 Å². The molecule has 1 heterocycles. The number of nitrogens with zero attached hydrogens (tertiary/aromatic N) is 1. The van der Waals surface area contributed by atoms with Crippen LogP contribution in [0.4, 0.5) is 5.69 Å². The van der Waals surface area contributed by atoms with Crippen LogP contribution in [-0.4, -0.2) is 9.97 Å². The Morgan fingerprint density at radius 3 is 3.00 bits per heavy atom. The van der Waals surface area contributed by atoms with Crippen LogP contribution in [0, 0.1) is 0 Å². The second-order valence-corrected chi connectivity index (χ2v) is 5.61. The van der Waals surface area contributed by atoms with Crippen molar-refractivity contribution in [2.75, 3.05) is 5.32 Å². The van der Waals surface area contributed by atoms with E-state index in [1.54, 1.807) is 11.3 Å². The lowest BCUT2D eigenvalue weighted by molar-refractivity contribution is 1.17. The van der Waals surface area contributed by atoms with Crippen LogP contribution in [0.25, 0.3) is 0 Å². The maximum absolute atomic E-state index is 5.72.